The number of nitrogens with one attached hydrogen (secondary N) is 1. The quantitative estimate of drug-likeness (QED) is 0.830. The first kappa shape index (κ1) is 16.2. The van der Waals surface area contributed by atoms with Gasteiger partial charge >= 0.3 is 5.97 Å². The first-order valence-electron chi connectivity index (χ1n) is 6.42. The highest BCUT2D eigenvalue weighted by molar-refractivity contribution is 6.03. The Labute approximate surface area is 119 Å². The van der Waals surface area contributed by atoms with E-state index in [1.165, 1.54) is 7.11 Å². The first-order chi connectivity index (χ1) is 9.16. The number of methoxy groups -OCH3 is 1. The lowest BCUT2D eigenvalue weighted by atomic mass is 9.87. The van der Waals surface area contributed by atoms with Crippen LogP contribution in [0.15, 0.2) is 18.2 Å². The SMILES string of the molecule is COC(=O)c1cc(C)ccc1NC(=O)[C@H](N)C(C)(C)C. The third-order valence-electron chi connectivity index (χ3n) is 3.05. The minimum Gasteiger partial charge on any atom is -0.465 e. The molecule has 1 amide bonds. The lowest BCUT2D eigenvalue weighted by Crippen LogP contribution is -2.45. The van der Waals surface area contributed by atoms with Gasteiger partial charge in [0.2, 0.25) is 5.91 Å². The molecule has 110 valence electrons. The van der Waals surface area contributed by atoms with Crippen molar-refractivity contribution in [1.82, 2.24) is 0 Å². The highest BCUT2D eigenvalue weighted by atomic mass is 16.5. The van der Waals surface area contributed by atoms with E-state index < -0.39 is 12.0 Å². The second kappa shape index (κ2) is 6.05. The number of hydrogen-bond acceptors (Lipinski definition) is 4. The van der Waals surface area contributed by atoms with Crippen LogP contribution in [0.25, 0.3) is 0 Å². The summed E-state index contributed by atoms with van der Waals surface area (Å²) in [6.07, 6.45) is 0. The van der Waals surface area contributed by atoms with Crippen molar-refractivity contribution in [2.24, 2.45) is 11.1 Å². The van der Waals surface area contributed by atoms with Gasteiger partial charge < -0.3 is 15.8 Å². The normalized spacial score (nSPS) is 12.7. The molecule has 5 nitrogen and oxygen atoms in total. The molecule has 3 N–H and O–H groups in total. The van der Waals surface area contributed by atoms with Gasteiger partial charge in [-0.15, -0.1) is 0 Å². The van der Waals surface area contributed by atoms with Crippen molar-refractivity contribution in [3.63, 3.8) is 0 Å². The summed E-state index contributed by atoms with van der Waals surface area (Å²) in [7, 11) is 1.30. The second-order valence-corrected chi connectivity index (χ2v) is 5.87. The van der Waals surface area contributed by atoms with Crippen LogP contribution in [0.5, 0.6) is 0 Å². The lowest BCUT2D eigenvalue weighted by Gasteiger charge is -2.26. The number of aryl methyl sites for hydroxylation is 1. The number of ether oxygens (including phenoxy) is 1. The highest BCUT2D eigenvalue weighted by Gasteiger charge is 2.28. The number of carbonyl (C=O) groups is 2. The first-order valence-corrected chi connectivity index (χ1v) is 6.42. The van der Waals surface area contributed by atoms with E-state index in [9.17, 15) is 9.59 Å². The number of anilines is 1. The van der Waals surface area contributed by atoms with E-state index in [0.29, 0.717) is 11.3 Å². The van der Waals surface area contributed by atoms with E-state index in [1.54, 1.807) is 12.1 Å². The van der Waals surface area contributed by atoms with Gasteiger partial charge in [0, 0.05) is 0 Å². The van der Waals surface area contributed by atoms with Crippen molar-refractivity contribution in [2.75, 3.05) is 12.4 Å². The van der Waals surface area contributed by atoms with Crippen LogP contribution in [0, 0.1) is 12.3 Å². The third-order valence-corrected chi connectivity index (χ3v) is 3.05. The van der Waals surface area contributed by atoms with Crippen LogP contribution in [0.4, 0.5) is 5.69 Å². The van der Waals surface area contributed by atoms with Gasteiger partial charge in [0.15, 0.2) is 0 Å². The van der Waals surface area contributed by atoms with Gasteiger partial charge in [0.25, 0.3) is 0 Å². The number of nitrogens with two attached hydrogens (primary N) is 1. The molecule has 0 heterocycles. The molecule has 0 aliphatic rings. The predicted octanol–water partition coefficient (Wildman–Crippen LogP) is 2.09. The van der Waals surface area contributed by atoms with E-state index in [2.05, 4.69) is 5.32 Å². The molecule has 0 aliphatic heterocycles. The molecular formula is C15H22N2O3. The van der Waals surface area contributed by atoms with E-state index in [4.69, 9.17) is 10.5 Å². The number of rotatable bonds is 3. The fraction of sp³-hybridized carbons (Fsp3) is 0.467. The van der Waals surface area contributed by atoms with Crippen LogP contribution in [-0.2, 0) is 9.53 Å². The molecule has 0 radical (unpaired) electrons. The zero-order valence-corrected chi connectivity index (χ0v) is 12.6. The smallest absolute Gasteiger partial charge is 0.339 e. The third kappa shape index (κ3) is 3.81. The van der Waals surface area contributed by atoms with Crippen LogP contribution in [0.2, 0.25) is 0 Å². The average Bonchev–Trinajstić information content (AvgIpc) is 2.37. The van der Waals surface area contributed by atoms with Gasteiger partial charge in [-0.25, -0.2) is 4.79 Å². The van der Waals surface area contributed by atoms with Gasteiger partial charge in [0.1, 0.15) is 0 Å². The lowest BCUT2D eigenvalue weighted by molar-refractivity contribution is -0.119. The summed E-state index contributed by atoms with van der Waals surface area (Å²) >= 11 is 0. The summed E-state index contributed by atoms with van der Waals surface area (Å²) in [6.45, 7) is 7.51. The van der Waals surface area contributed by atoms with Crippen LogP contribution in [-0.4, -0.2) is 25.0 Å². The zero-order valence-electron chi connectivity index (χ0n) is 12.6. The molecular weight excluding hydrogens is 256 g/mol. The maximum atomic E-state index is 12.1. The Kier molecular flexibility index (Phi) is 4.89. The number of hydrogen-bond donors (Lipinski definition) is 2. The monoisotopic (exact) mass is 278 g/mol. The number of benzene rings is 1. The molecule has 1 aromatic carbocycles. The summed E-state index contributed by atoms with van der Waals surface area (Å²) in [5, 5.41) is 2.69. The second-order valence-electron chi connectivity index (χ2n) is 5.87. The zero-order chi connectivity index (χ0) is 15.5. The van der Waals surface area contributed by atoms with E-state index >= 15 is 0 Å². The fourth-order valence-corrected chi connectivity index (χ4v) is 1.65. The molecule has 0 saturated heterocycles. The number of esters is 1. The molecule has 1 atom stereocenters. The van der Waals surface area contributed by atoms with Gasteiger partial charge in [-0.1, -0.05) is 32.4 Å². The molecule has 0 fully saturated rings. The maximum Gasteiger partial charge on any atom is 0.339 e. The van der Waals surface area contributed by atoms with Crippen molar-refractivity contribution in [3.05, 3.63) is 29.3 Å². The van der Waals surface area contributed by atoms with E-state index in [-0.39, 0.29) is 11.3 Å². The predicted molar refractivity (Wildman–Crippen MR) is 78.6 cm³/mol. The maximum absolute atomic E-state index is 12.1. The number of amides is 1. The van der Waals surface area contributed by atoms with Crippen LogP contribution in [0.1, 0.15) is 36.7 Å². The summed E-state index contributed by atoms with van der Waals surface area (Å²) in [4.78, 5) is 23.8. The van der Waals surface area contributed by atoms with E-state index in [1.807, 2.05) is 33.8 Å². The Morgan fingerprint density at radius 3 is 2.40 bits per heavy atom. The van der Waals surface area contributed by atoms with Crippen molar-refractivity contribution >= 4 is 17.6 Å². The van der Waals surface area contributed by atoms with Crippen molar-refractivity contribution in [1.29, 1.82) is 0 Å². The van der Waals surface area contributed by atoms with Gasteiger partial charge in [-0.05, 0) is 24.5 Å². The topological polar surface area (TPSA) is 81.4 Å². The van der Waals surface area contributed by atoms with Crippen LogP contribution < -0.4 is 11.1 Å². The molecule has 20 heavy (non-hydrogen) atoms. The fourth-order valence-electron chi connectivity index (χ4n) is 1.65. The Hall–Kier alpha value is -1.88. The van der Waals surface area contributed by atoms with Crippen LogP contribution in [0.3, 0.4) is 0 Å². The minimum atomic E-state index is -0.672. The molecule has 0 saturated carbocycles. The average molecular weight is 278 g/mol. The molecule has 1 aromatic rings. The molecule has 0 aromatic heterocycles. The molecule has 5 heteroatoms. The summed E-state index contributed by atoms with van der Waals surface area (Å²) < 4.78 is 4.72. The van der Waals surface area contributed by atoms with Gasteiger partial charge in [-0.3, -0.25) is 4.79 Å². The standard InChI is InChI=1S/C15H22N2O3/c1-9-6-7-11(10(8-9)14(19)20-5)17-13(18)12(16)15(2,3)4/h6-8,12H,16H2,1-5H3,(H,17,18)/t12-/m0/s1. The summed E-state index contributed by atoms with van der Waals surface area (Å²) in [5.74, 6) is -0.820. The van der Waals surface area contributed by atoms with Gasteiger partial charge in [0.05, 0.1) is 24.4 Å². The van der Waals surface area contributed by atoms with Crippen molar-refractivity contribution in [2.45, 2.75) is 33.7 Å². The highest BCUT2D eigenvalue weighted by Crippen LogP contribution is 2.22. The molecule has 0 bridgehead atoms. The molecule has 1 rings (SSSR count). The molecule has 0 spiro atoms. The largest absolute Gasteiger partial charge is 0.465 e. The Balaban J connectivity index is 3.04. The summed E-state index contributed by atoms with van der Waals surface area (Å²) in [6, 6.07) is 4.48. The van der Waals surface area contributed by atoms with Crippen LogP contribution >= 0.6 is 0 Å². The van der Waals surface area contributed by atoms with Crippen molar-refractivity contribution in [3.8, 4) is 0 Å². The Morgan fingerprint density at radius 2 is 1.90 bits per heavy atom. The summed E-state index contributed by atoms with van der Waals surface area (Å²) in [5.41, 5.74) is 7.18. The van der Waals surface area contributed by atoms with Crippen molar-refractivity contribution < 1.29 is 14.3 Å². The Bertz CT molecular complexity index is 518. The molecule has 0 unspecified atom stereocenters. The van der Waals surface area contributed by atoms with Gasteiger partial charge in [-0.2, -0.15) is 0 Å². The van der Waals surface area contributed by atoms with E-state index in [0.717, 1.165) is 5.56 Å². The minimum absolute atomic E-state index is 0.321. The number of carbonyl (C=O) groups excluding carboxylic acids is 2. The Morgan fingerprint density at radius 1 is 1.30 bits per heavy atom. The molecule has 0 aliphatic carbocycles.